The molecule has 1 aromatic rings. The highest BCUT2D eigenvalue weighted by Crippen LogP contribution is 2.33. The average Bonchev–Trinajstić information content (AvgIpc) is 3.55. The Balaban J connectivity index is 1.69. The number of nitrogens with zero attached hydrogens (tertiary/aromatic N) is 1. The summed E-state index contributed by atoms with van der Waals surface area (Å²) in [5.41, 5.74) is 0.856. The Morgan fingerprint density at radius 3 is 2.67 bits per heavy atom. The molecule has 1 atom stereocenters. The Labute approximate surface area is 175 Å². The molecule has 2 aliphatic rings. The van der Waals surface area contributed by atoms with Crippen LogP contribution in [0.1, 0.15) is 24.8 Å². The van der Waals surface area contributed by atoms with Gasteiger partial charge in [0.15, 0.2) is 0 Å². The molecule has 3 rings (SSSR count). The summed E-state index contributed by atoms with van der Waals surface area (Å²) in [7, 11) is 1.58. The minimum absolute atomic E-state index is 0.111. The van der Waals surface area contributed by atoms with Crippen molar-refractivity contribution in [3.63, 3.8) is 0 Å². The zero-order valence-electron chi connectivity index (χ0n) is 17.2. The molecule has 1 aliphatic carbocycles. The van der Waals surface area contributed by atoms with E-state index in [1.807, 2.05) is 0 Å². The average molecular weight is 420 g/mol. The van der Waals surface area contributed by atoms with E-state index in [1.54, 1.807) is 13.1 Å². The van der Waals surface area contributed by atoms with Crippen molar-refractivity contribution in [1.29, 1.82) is 0 Å². The third kappa shape index (κ3) is 6.41. The van der Waals surface area contributed by atoms with Gasteiger partial charge in [-0.25, -0.2) is 4.39 Å². The van der Waals surface area contributed by atoms with Gasteiger partial charge in [-0.15, -0.1) is 0 Å². The van der Waals surface area contributed by atoms with Crippen molar-refractivity contribution in [3.05, 3.63) is 29.6 Å². The Morgan fingerprint density at radius 1 is 1.10 bits per heavy atom. The monoisotopic (exact) mass is 420 g/mol. The number of aryl methyl sites for hydroxylation is 1. The van der Waals surface area contributed by atoms with Crippen LogP contribution in [0, 0.1) is 11.7 Å². The van der Waals surface area contributed by atoms with Crippen molar-refractivity contribution in [2.75, 3.05) is 39.8 Å². The molecule has 3 amide bonds. The molecule has 1 aliphatic heterocycles. The van der Waals surface area contributed by atoms with Crippen LogP contribution in [0.15, 0.2) is 18.2 Å². The van der Waals surface area contributed by atoms with Gasteiger partial charge in [-0.3, -0.25) is 14.4 Å². The lowest BCUT2D eigenvalue weighted by atomic mass is 10.1. The predicted molar refractivity (Wildman–Crippen MR) is 108 cm³/mol. The molecule has 0 spiro atoms. The lowest BCUT2D eigenvalue weighted by Crippen LogP contribution is -2.50. The lowest BCUT2D eigenvalue weighted by molar-refractivity contribution is -0.137. The van der Waals surface area contributed by atoms with Crippen LogP contribution in [0.25, 0.3) is 0 Å². The van der Waals surface area contributed by atoms with Crippen molar-refractivity contribution < 1.29 is 23.5 Å². The molecule has 0 aromatic heterocycles. The molecule has 164 valence electrons. The Morgan fingerprint density at radius 2 is 1.90 bits per heavy atom. The van der Waals surface area contributed by atoms with Crippen LogP contribution < -0.4 is 20.7 Å². The minimum Gasteiger partial charge on any atom is -0.492 e. The van der Waals surface area contributed by atoms with Gasteiger partial charge in [-0.05, 0) is 43.2 Å². The molecular formula is C21H29FN4O4. The van der Waals surface area contributed by atoms with Crippen LogP contribution in [0.2, 0.25) is 0 Å². The number of likely N-dealkylation sites (N-methyl/N-ethyl adjacent to an activating group) is 1. The summed E-state index contributed by atoms with van der Waals surface area (Å²) in [4.78, 5) is 38.2. The molecule has 0 saturated heterocycles. The molecule has 30 heavy (non-hydrogen) atoms. The number of nitrogens with one attached hydrogen (secondary N) is 3. The van der Waals surface area contributed by atoms with Crippen molar-refractivity contribution in [2.45, 2.75) is 31.7 Å². The quantitative estimate of drug-likeness (QED) is 0.603. The molecule has 0 radical (unpaired) electrons. The van der Waals surface area contributed by atoms with E-state index < -0.39 is 0 Å². The number of fused-ring (bicyclic) bond motifs is 1. The molecule has 1 aromatic carbocycles. The number of carbonyl (C=O) groups is 3. The van der Waals surface area contributed by atoms with Gasteiger partial charge < -0.3 is 25.6 Å². The Bertz CT molecular complexity index is 784. The molecule has 8 nitrogen and oxygen atoms in total. The van der Waals surface area contributed by atoms with Crippen molar-refractivity contribution in [2.24, 2.45) is 5.92 Å². The zero-order valence-corrected chi connectivity index (χ0v) is 17.2. The van der Waals surface area contributed by atoms with Gasteiger partial charge >= 0.3 is 0 Å². The molecule has 1 unspecified atom stereocenters. The summed E-state index contributed by atoms with van der Waals surface area (Å²) in [5, 5.41) is 8.51. The predicted octanol–water partition coefficient (Wildman–Crippen LogP) is 0.210. The summed E-state index contributed by atoms with van der Waals surface area (Å²) >= 11 is 0. The van der Waals surface area contributed by atoms with E-state index in [0.29, 0.717) is 31.7 Å². The summed E-state index contributed by atoms with van der Waals surface area (Å²) in [6.07, 6.45) is 3.18. The van der Waals surface area contributed by atoms with Gasteiger partial charge in [0.1, 0.15) is 18.2 Å². The van der Waals surface area contributed by atoms with Gasteiger partial charge in [0.2, 0.25) is 17.7 Å². The van der Waals surface area contributed by atoms with Crippen molar-refractivity contribution in [1.82, 2.24) is 20.9 Å². The van der Waals surface area contributed by atoms with Crippen molar-refractivity contribution >= 4 is 17.7 Å². The van der Waals surface area contributed by atoms with Crippen LogP contribution in [0.5, 0.6) is 5.75 Å². The van der Waals surface area contributed by atoms with E-state index in [9.17, 15) is 18.8 Å². The number of benzene rings is 1. The fraction of sp³-hybridized carbons (Fsp3) is 0.571. The van der Waals surface area contributed by atoms with E-state index in [1.165, 1.54) is 17.0 Å². The molecule has 9 heteroatoms. The second-order valence-electron chi connectivity index (χ2n) is 7.79. The van der Waals surface area contributed by atoms with Gasteiger partial charge in [0, 0.05) is 26.2 Å². The Hall–Kier alpha value is -2.68. The highest BCUT2D eigenvalue weighted by molar-refractivity contribution is 5.89. The largest absolute Gasteiger partial charge is 0.492 e. The maximum atomic E-state index is 13.7. The van der Waals surface area contributed by atoms with E-state index in [0.717, 1.165) is 18.4 Å². The van der Waals surface area contributed by atoms with E-state index in [2.05, 4.69) is 16.0 Å². The first kappa shape index (κ1) is 22.0. The standard InChI is InChI=1S/C21H29FN4O4/c1-26-13-19(28)25-12-18(27)23-8-2-3-14-6-7-16(22)11-17(14)30-10-9-24-20(21(26)29)15-4-5-15/h6-7,11,15,20,24H,2-5,8-10,12-13H2,1H3,(H,23,27)(H,25,28). The first-order chi connectivity index (χ1) is 14.4. The van der Waals surface area contributed by atoms with Crippen LogP contribution in [-0.2, 0) is 20.8 Å². The summed E-state index contributed by atoms with van der Waals surface area (Å²) in [5.74, 6) is -0.500. The van der Waals surface area contributed by atoms with Gasteiger partial charge in [-0.1, -0.05) is 6.07 Å². The maximum Gasteiger partial charge on any atom is 0.240 e. The molecule has 3 N–H and O–H groups in total. The first-order valence-electron chi connectivity index (χ1n) is 10.4. The van der Waals surface area contributed by atoms with Crippen LogP contribution in [-0.4, -0.2) is 68.5 Å². The van der Waals surface area contributed by atoms with Gasteiger partial charge in [-0.2, -0.15) is 0 Å². The number of carbonyl (C=O) groups excluding carboxylic acids is 3. The summed E-state index contributed by atoms with van der Waals surface area (Å²) in [6.45, 7) is 0.887. The van der Waals surface area contributed by atoms with Crippen LogP contribution in [0.4, 0.5) is 4.39 Å². The fourth-order valence-corrected chi connectivity index (χ4v) is 3.46. The number of ether oxygens (including phenoxy) is 1. The van der Waals surface area contributed by atoms with E-state index in [-0.39, 0.29) is 55.2 Å². The fourth-order valence-electron chi connectivity index (χ4n) is 3.46. The molecule has 1 heterocycles. The Kier molecular flexibility index (Phi) is 7.62. The lowest BCUT2D eigenvalue weighted by Gasteiger charge is -2.24. The smallest absolute Gasteiger partial charge is 0.240 e. The summed E-state index contributed by atoms with van der Waals surface area (Å²) < 4.78 is 19.5. The molecule has 1 fully saturated rings. The highest BCUT2D eigenvalue weighted by Gasteiger charge is 2.37. The van der Waals surface area contributed by atoms with E-state index >= 15 is 0 Å². The third-order valence-electron chi connectivity index (χ3n) is 5.26. The maximum absolute atomic E-state index is 13.7. The molecular weight excluding hydrogens is 391 g/mol. The number of hydrogen-bond donors (Lipinski definition) is 3. The van der Waals surface area contributed by atoms with Crippen molar-refractivity contribution in [3.8, 4) is 5.75 Å². The number of rotatable bonds is 1. The van der Waals surface area contributed by atoms with Crippen LogP contribution >= 0.6 is 0 Å². The molecule has 1 saturated carbocycles. The minimum atomic E-state index is -0.388. The topological polar surface area (TPSA) is 99.8 Å². The molecule has 0 bridgehead atoms. The normalized spacial score (nSPS) is 22.8. The number of halogens is 1. The highest BCUT2D eigenvalue weighted by atomic mass is 19.1. The number of amides is 3. The second-order valence-corrected chi connectivity index (χ2v) is 7.79. The third-order valence-corrected chi connectivity index (χ3v) is 5.26. The zero-order chi connectivity index (χ0) is 21.5. The number of hydrogen-bond acceptors (Lipinski definition) is 5. The van der Waals surface area contributed by atoms with Gasteiger partial charge in [0.25, 0.3) is 0 Å². The summed E-state index contributed by atoms with van der Waals surface area (Å²) in [6, 6.07) is 4.04. The first-order valence-corrected chi connectivity index (χ1v) is 10.4. The van der Waals surface area contributed by atoms with Crippen LogP contribution in [0.3, 0.4) is 0 Å². The van der Waals surface area contributed by atoms with Gasteiger partial charge in [0.05, 0.1) is 19.1 Å². The second kappa shape index (κ2) is 10.4. The van der Waals surface area contributed by atoms with E-state index in [4.69, 9.17) is 4.74 Å². The SMILES string of the molecule is CN1CC(=O)NCC(=O)NCCCc2ccc(F)cc2OCCNC(C2CC2)C1=O.